The summed E-state index contributed by atoms with van der Waals surface area (Å²) in [5, 5.41) is 2.86. The molecule has 1 heterocycles. The number of carbonyl (C=O) groups is 2. The molecule has 0 unspecified atom stereocenters. The van der Waals surface area contributed by atoms with E-state index in [2.05, 4.69) is 22.1 Å². The minimum atomic E-state index is -0.129. The number of nitrogens with one attached hydrogen (secondary N) is 1. The van der Waals surface area contributed by atoms with Gasteiger partial charge in [0.2, 0.25) is 5.91 Å². The van der Waals surface area contributed by atoms with E-state index < -0.39 is 0 Å². The number of nitrogens with zero attached hydrogens (tertiary/aromatic N) is 2. The first-order valence-electron chi connectivity index (χ1n) is 6.87. The Kier molecular flexibility index (Phi) is 7.70. The van der Waals surface area contributed by atoms with Gasteiger partial charge in [0.1, 0.15) is 0 Å². The molecule has 0 saturated carbocycles. The fraction of sp³-hybridized carbons (Fsp3) is 0.714. The normalized spacial score (nSPS) is 15.4. The van der Waals surface area contributed by atoms with Crippen molar-refractivity contribution in [3.63, 3.8) is 0 Å². The van der Waals surface area contributed by atoms with Crippen molar-refractivity contribution in [2.24, 2.45) is 0 Å². The van der Waals surface area contributed by atoms with Gasteiger partial charge in [-0.1, -0.05) is 5.92 Å². The van der Waals surface area contributed by atoms with Crippen LogP contribution in [-0.4, -0.2) is 74.6 Å². The van der Waals surface area contributed by atoms with Gasteiger partial charge in [-0.3, -0.25) is 14.5 Å². The highest BCUT2D eigenvalue weighted by Gasteiger charge is 2.21. The minimum Gasteiger partial charge on any atom is -0.385 e. The van der Waals surface area contributed by atoms with Crippen molar-refractivity contribution in [1.29, 1.82) is 0 Å². The van der Waals surface area contributed by atoms with Gasteiger partial charge >= 0.3 is 0 Å². The summed E-state index contributed by atoms with van der Waals surface area (Å²) in [6.07, 6.45) is 0.820. The largest absolute Gasteiger partial charge is 0.385 e. The Morgan fingerprint density at radius 3 is 2.55 bits per heavy atom. The lowest BCUT2D eigenvalue weighted by atomic mass is 10.3. The molecule has 0 aromatic rings. The van der Waals surface area contributed by atoms with E-state index in [9.17, 15) is 9.59 Å². The summed E-state index contributed by atoms with van der Waals surface area (Å²) in [6.45, 7) is 6.01. The third kappa shape index (κ3) is 6.04. The number of hydrogen-bond acceptors (Lipinski definition) is 4. The van der Waals surface area contributed by atoms with E-state index in [1.165, 1.54) is 0 Å². The highest BCUT2D eigenvalue weighted by molar-refractivity contribution is 5.93. The van der Waals surface area contributed by atoms with Crippen LogP contribution in [0.4, 0.5) is 0 Å². The van der Waals surface area contributed by atoms with Crippen molar-refractivity contribution in [2.45, 2.75) is 13.3 Å². The third-order valence-electron chi connectivity index (χ3n) is 3.11. The van der Waals surface area contributed by atoms with Gasteiger partial charge in [-0.25, -0.2) is 0 Å². The quantitative estimate of drug-likeness (QED) is 0.517. The summed E-state index contributed by atoms with van der Waals surface area (Å²) in [5.41, 5.74) is 0. The van der Waals surface area contributed by atoms with Crippen molar-refractivity contribution in [3.05, 3.63) is 0 Å². The number of piperazine rings is 1. The van der Waals surface area contributed by atoms with Gasteiger partial charge in [-0.15, -0.1) is 0 Å². The van der Waals surface area contributed by atoms with Gasteiger partial charge in [0.15, 0.2) is 0 Å². The maximum absolute atomic E-state index is 11.7. The summed E-state index contributed by atoms with van der Waals surface area (Å²) in [4.78, 5) is 27.0. The van der Waals surface area contributed by atoms with Crippen LogP contribution >= 0.6 is 0 Å². The molecule has 1 rings (SSSR count). The second kappa shape index (κ2) is 9.34. The lowest BCUT2D eigenvalue weighted by Gasteiger charge is -2.33. The maximum atomic E-state index is 11.7. The zero-order valence-electron chi connectivity index (χ0n) is 12.3. The highest BCUT2D eigenvalue weighted by atomic mass is 16.5. The van der Waals surface area contributed by atoms with Gasteiger partial charge in [0, 0.05) is 46.4 Å². The Labute approximate surface area is 120 Å². The van der Waals surface area contributed by atoms with E-state index in [1.54, 1.807) is 18.9 Å². The lowest BCUT2D eigenvalue weighted by molar-refractivity contribution is -0.127. The molecule has 0 atom stereocenters. The fourth-order valence-corrected chi connectivity index (χ4v) is 2.00. The molecule has 1 N–H and O–H groups in total. The Balaban J connectivity index is 2.19. The van der Waals surface area contributed by atoms with Crippen molar-refractivity contribution in [3.8, 4) is 11.8 Å². The molecule has 6 nitrogen and oxygen atoms in total. The summed E-state index contributed by atoms with van der Waals surface area (Å²) < 4.78 is 4.92. The number of carbonyl (C=O) groups excluding carboxylic acids is 2. The molecule has 0 spiro atoms. The SMILES string of the molecule is CC#CC(=O)N1CCN(CC(=O)NCCCOC)CC1. The molecular weight excluding hydrogens is 258 g/mol. The highest BCUT2D eigenvalue weighted by Crippen LogP contribution is 2.01. The van der Waals surface area contributed by atoms with Gasteiger partial charge < -0.3 is 15.0 Å². The van der Waals surface area contributed by atoms with Gasteiger partial charge in [-0.2, -0.15) is 0 Å². The topological polar surface area (TPSA) is 61.9 Å². The van der Waals surface area contributed by atoms with Crippen molar-refractivity contribution >= 4 is 11.8 Å². The van der Waals surface area contributed by atoms with Gasteiger partial charge in [0.25, 0.3) is 5.91 Å². The van der Waals surface area contributed by atoms with E-state index >= 15 is 0 Å². The summed E-state index contributed by atoms with van der Waals surface area (Å²) in [6, 6.07) is 0. The summed E-state index contributed by atoms with van der Waals surface area (Å²) in [5.74, 6) is 5.04. The third-order valence-corrected chi connectivity index (χ3v) is 3.11. The molecule has 1 fully saturated rings. The van der Waals surface area contributed by atoms with Crippen LogP contribution in [0.3, 0.4) is 0 Å². The lowest BCUT2D eigenvalue weighted by Crippen LogP contribution is -2.51. The zero-order chi connectivity index (χ0) is 14.8. The van der Waals surface area contributed by atoms with Crippen LogP contribution < -0.4 is 5.32 Å². The second-order valence-corrected chi connectivity index (χ2v) is 4.64. The van der Waals surface area contributed by atoms with E-state index in [0.717, 1.165) is 6.42 Å². The number of ether oxygens (including phenoxy) is 1. The van der Waals surface area contributed by atoms with Crippen LogP contribution in [0, 0.1) is 11.8 Å². The number of amides is 2. The Morgan fingerprint density at radius 2 is 1.95 bits per heavy atom. The van der Waals surface area contributed by atoms with Crippen LogP contribution in [0.25, 0.3) is 0 Å². The predicted molar refractivity (Wildman–Crippen MR) is 76.0 cm³/mol. The molecule has 0 bridgehead atoms. The average molecular weight is 281 g/mol. The zero-order valence-corrected chi connectivity index (χ0v) is 12.3. The van der Waals surface area contributed by atoms with Crippen molar-refractivity contribution < 1.29 is 14.3 Å². The Hall–Kier alpha value is -1.58. The molecule has 0 aromatic heterocycles. The molecule has 1 saturated heterocycles. The number of hydrogen-bond donors (Lipinski definition) is 1. The second-order valence-electron chi connectivity index (χ2n) is 4.64. The first-order chi connectivity index (χ1) is 9.67. The van der Waals surface area contributed by atoms with Crippen LogP contribution in [0.2, 0.25) is 0 Å². The average Bonchev–Trinajstić information content (AvgIpc) is 2.45. The van der Waals surface area contributed by atoms with Gasteiger partial charge in [0.05, 0.1) is 6.54 Å². The van der Waals surface area contributed by atoms with E-state index in [0.29, 0.717) is 45.9 Å². The smallest absolute Gasteiger partial charge is 0.298 e. The van der Waals surface area contributed by atoms with Crippen molar-refractivity contribution in [2.75, 3.05) is 53.0 Å². The first kappa shape index (κ1) is 16.5. The van der Waals surface area contributed by atoms with Crippen LogP contribution in [-0.2, 0) is 14.3 Å². The molecule has 0 aliphatic carbocycles. The monoisotopic (exact) mass is 281 g/mol. The standard InChI is InChI=1S/C14H23N3O3/c1-3-5-14(19)17-9-7-16(8-10-17)12-13(18)15-6-4-11-20-2/h4,6-12H2,1-2H3,(H,15,18). The summed E-state index contributed by atoms with van der Waals surface area (Å²) in [7, 11) is 1.64. The Bertz CT molecular complexity index is 379. The van der Waals surface area contributed by atoms with E-state index in [-0.39, 0.29) is 11.8 Å². The maximum Gasteiger partial charge on any atom is 0.298 e. The van der Waals surface area contributed by atoms with Crippen LogP contribution in [0.5, 0.6) is 0 Å². The number of methoxy groups -OCH3 is 1. The molecule has 0 aromatic carbocycles. The molecule has 2 amide bonds. The Morgan fingerprint density at radius 1 is 1.25 bits per heavy atom. The molecule has 20 heavy (non-hydrogen) atoms. The van der Waals surface area contributed by atoms with Gasteiger partial charge in [-0.05, 0) is 19.3 Å². The minimum absolute atomic E-state index is 0.0224. The van der Waals surface area contributed by atoms with Crippen LogP contribution in [0.15, 0.2) is 0 Å². The molecule has 1 aliphatic rings. The van der Waals surface area contributed by atoms with Crippen molar-refractivity contribution in [1.82, 2.24) is 15.1 Å². The molecule has 0 radical (unpaired) electrons. The fourth-order valence-electron chi connectivity index (χ4n) is 2.00. The first-order valence-corrected chi connectivity index (χ1v) is 6.87. The molecule has 112 valence electrons. The van der Waals surface area contributed by atoms with Crippen LogP contribution in [0.1, 0.15) is 13.3 Å². The molecule has 6 heteroatoms. The number of rotatable bonds is 6. The van der Waals surface area contributed by atoms with E-state index in [4.69, 9.17) is 4.74 Å². The van der Waals surface area contributed by atoms with E-state index in [1.807, 2.05) is 0 Å². The molecule has 1 aliphatic heterocycles. The molecular formula is C14H23N3O3. The summed E-state index contributed by atoms with van der Waals surface area (Å²) >= 11 is 0. The predicted octanol–water partition coefficient (Wildman–Crippen LogP) is -0.693.